The Hall–Kier alpha value is -1.09. The highest BCUT2D eigenvalue weighted by Gasteiger charge is 2.23. The van der Waals surface area contributed by atoms with Gasteiger partial charge >= 0.3 is 5.97 Å². The van der Waals surface area contributed by atoms with Crippen LogP contribution in [0, 0.1) is 0 Å². The maximum Gasteiger partial charge on any atom is 0.339 e. The summed E-state index contributed by atoms with van der Waals surface area (Å²) >= 11 is 5.95. The molecule has 4 heteroatoms. The molecular weight excluding hydrogens is 226 g/mol. The number of nitrogens with zero attached hydrogens (tertiary/aromatic N) is 1. The fraction of sp³-hybridized carbons (Fsp3) is 0.500. The predicted molar refractivity (Wildman–Crippen MR) is 62.2 cm³/mol. The first-order valence-corrected chi connectivity index (χ1v) is 5.96. The molecule has 0 saturated heterocycles. The van der Waals surface area contributed by atoms with E-state index in [1.165, 1.54) is 0 Å². The largest absolute Gasteiger partial charge is 0.478 e. The molecule has 86 valence electrons. The van der Waals surface area contributed by atoms with Gasteiger partial charge in [-0.1, -0.05) is 18.5 Å². The number of aromatic carboxylic acids is 1. The van der Waals surface area contributed by atoms with E-state index in [4.69, 9.17) is 16.7 Å². The number of carbonyl (C=O) groups is 1. The van der Waals surface area contributed by atoms with Gasteiger partial charge in [-0.15, -0.1) is 0 Å². The second kappa shape index (κ2) is 4.42. The third kappa shape index (κ3) is 1.80. The molecule has 1 aliphatic rings. The lowest BCUT2D eigenvalue weighted by atomic mass is 9.89. The minimum Gasteiger partial charge on any atom is -0.478 e. The lowest BCUT2D eigenvalue weighted by Gasteiger charge is -2.20. The zero-order valence-corrected chi connectivity index (χ0v) is 9.97. The second-order valence-electron chi connectivity index (χ2n) is 4.05. The summed E-state index contributed by atoms with van der Waals surface area (Å²) in [6, 6.07) is 0. The van der Waals surface area contributed by atoms with E-state index in [0.29, 0.717) is 6.42 Å². The quantitative estimate of drug-likeness (QED) is 0.808. The standard InChI is InChI=1S/C12H14ClNO2/c1-2-7-8-5-3-4-6-9(8)14-11(13)10(7)12(15)16/h2-6H2,1H3,(H,15,16). The molecule has 3 nitrogen and oxygen atoms in total. The molecule has 0 fully saturated rings. The Morgan fingerprint density at radius 1 is 1.44 bits per heavy atom. The van der Waals surface area contributed by atoms with E-state index in [2.05, 4.69) is 4.98 Å². The molecule has 0 radical (unpaired) electrons. The molecule has 2 rings (SSSR count). The van der Waals surface area contributed by atoms with Crippen LogP contribution in [0.5, 0.6) is 0 Å². The first kappa shape index (κ1) is 11.4. The van der Waals surface area contributed by atoms with Crippen LogP contribution in [0.25, 0.3) is 0 Å². The molecule has 0 unspecified atom stereocenters. The lowest BCUT2D eigenvalue weighted by Crippen LogP contribution is -2.14. The average molecular weight is 240 g/mol. The Morgan fingerprint density at radius 3 is 2.75 bits per heavy atom. The zero-order valence-electron chi connectivity index (χ0n) is 9.22. The number of carboxylic acids is 1. The maximum atomic E-state index is 11.2. The van der Waals surface area contributed by atoms with Gasteiger partial charge < -0.3 is 5.11 Å². The molecule has 0 atom stereocenters. The average Bonchev–Trinajstić information content (AvgIpc) is 2.26. The van der Waals surface area contributed by atoms with Crippen molar-refractivity contribution in [1.82, 2.24) is 4.98 Å². The topological polar surface area (TPSA) is 50.2 Å². The molecule has 0 saturated carbocycles. The van der Waals surface area contributed by atoms with E-state index < -0.39 is 5.97 Å². The molecule has 0 aliphatic heterocycles. The van der Waals surface area contributed by atoms with E-state index in [9.17, 15) is 4.79 Å². The van der Waals surface area contributed by atoms with Crippen molar-refractivity contribution in [1.29, 1.82) is 0 Å². The van der Waals surface area contributed by atoms with Crippen molar-refractivity contribution in [3.05, 3.63) is 27.5 Å². The molecule has 1 aliphatic carbocycles. The first-order valence-electron chi connectivity index (χ1n) is 5.58. The van der Waals surface area contributed by atoms with Gasteiger partial charge in [0.15, 0.2) is 0 Å². The first-order chi connectivity index (χ1) is 7.65. The molecule has 0 aromatic carbocycles. The van der Waals surface area contributed by atoms with Crippen LogP contribution in [0.1, 0.15) is 46.9 Å². The summed E-state index contributed by atoms with van der Waals surface area (Å²) in [5.41, 5.74) is 3.20. The molecule has 0 amide bonds. The van der Waals surface area contributed by atoms with Crippen molar-refractivity contribution in [3.63, 3.8) is 0 Å². The number of rotatable bonds is 2. The van der Waals surface area contributed by atoms with E-state index in [0.717, 1.165) is 42.5 Å². The number of aryl methyl sites for hydroxylation is 1. The van der Waals surface area contributed by atoms with Crippen molar-refractivity contribution in [3.8, 4) is 0 Å². The van der Waals surface area contributed by atoms with Gasteiger partial charge in [0.2, 0.25) is 0 Å². The number of carboxylic acid groups (broad SMARTS) is 1. The summed E-state index contributed by atoms with van der Waals surface area (Å²) in [4.78, 5) is 15.4. The van der Waals surface area contributed by atoms with Gasteiger partial charge in [-0.05, 0) is 43.2 Å². The van der Waals surface area contributed by atoms with Crippen LogP contribution in [0.2, 0.25) is 5.15 Å². The number of hydrogen-bond acceptors (Lipinski definition) is 2. The van der Waals surface area contributed by atoms with Crippen LogP contribution in [0.15, 0.2) is 0 Å². The van der Waals surface area contributed by atoms with E-state index in [1.54, 1.807) is 0 Å². The van der Waals surface area contributed by atoms with Crippen LogP contribution in [0.4, 0.5) is 0 Å². The van der Waals surface area contributed by atoms with Crippen molar-refractivity contribution in [2.45, 2.75) is 39.0 Å². The third-order valence-electron chi connectivity index (χ3n) is 3.11. The van der Waals surface area contributed by atoms with Gasteiger partial charge in [-0.25, -0.2) is 9.78 Å². The Morgan fingerprint density at radius 2 is 2.12 bits per heavy atom. The molecule has 16 heavy (non-hydrogen) atoms. The molecule has 1 aromatic rings. The van der Waals surface area contributed by atoms with E-state index in [1.807, 2.05) is 6.92 Å². The SMILES string of the molecule is CCc1c2c(nc(Cl)c1C(=O)O)CCCC2. The highest BCUT2D eigenvalue weighted by molar-refractivity contribution is 6.32. The smallest absolute Gasteiger partial charge is 0.339 e. The fourth-order valence-corrected chi connectivity index (χ4v) is 2.69. The van der Waals surface area contributed by atoms with Crippen LogP contribution in [-0.4, -0.2) is 16.1 Å². The number of aromatic nitrogens is 1. The number of pyridine rings is 1. The van der Waals surface area contributed by atoms with Crippen LogP contribution < -0.4 is 0 Å². The van der Waals surface area contributed by atoms with Gasteiger partial charge in [0.25, 0.3) is 0 Å². The van der Waals surface area contributed by atoms with E-state index >= 15 is 0 Å². The maximum absolute atomic E-state index is 11.2. The van der Waals surface area contributed by atoms with Gasteiger partial charge in [0.1, 0.15) is 10.7 Å². The van der Waals surface area contributed by atoms with Crippen molar-refractivity contribution in [2.24, 2.45) is 0 Å². The number of fused-ring (bicyclic) bond motifs is 1. The summed E-state index contributed by atoms with van der Waals surface area (Å²) in [5, 5.41) is 9.30. The monoisotopic (exact) mass is 239 g/mol. The summed E-state index contributed by atoms with van der Waals surface area (Å²) < 4.78 is 0. The van der Waals surface area contributed by atoms with Gasteiger partial charge in [0.05, 0.1) is 0 Å². The van der Waals surface area contributed by atoms with Crippen molar-refractivity contribution < 1.29 is 9.90 Å². The van der Waals surface area contributed by atoms with Crippen LogP contribution in [-0.2, 0) is 19.3 Å². The Labute approximate surface area is 99.5 Å². The molecule has 1 heterocycles. The normalized spacial score (nSPS) is 14.6. The molecule has 0 bridgehead atoms. The van der Waals surface area contributed by atoms with E-state index in [-0.39, 0.29) is 10.7 Å². The molecule has 0 spiro atoms. The van der Waals surface area contributed by atoms with Gasteiger partial charge in [-0.3, -0.25) is 0 Å². The highest BCUT2D eigenvalue weighted by Crippen LogP contribution is 2.29. The van der Waals surface area contributed by atoms with Crippen molar-refractivity contribution in [2.75, 3.05) is 0 Å². The second-order valence-corrected chi connectivity index (χ2v) is 4.41. The van der Waals surface area contributed by atoms with Crippen LogP contribution in [0.3, 0.4) is 0 Å². The fourth-order valence-electron chi connectivity index (χ4n) is 2.40. The third-order valence-corrected chi connectivity index (χ3v) is 3.39. The molecule has 1 aromatic heterocycles. The van der Waals surface area contributed by atoms with Crippen LogP contribution >= 0.6 is 11.6 Å². The molecular formula is C12H14ClNO2. The Kier molecular flexibility index (Phi) is 3.15. The van der Waals surface area contributed by atoms with Gasteiger partial charge in [0, 0.05) is 5.69 Å². The minimum atomic E-state index is -0.970. The summed E-state index contributed by atoms with van der Waals surface area (Å²) in [6.45, 7) is 1.97. The number of hydrogen-bond donors (Lipinski definition) is 1. The minimum absolute atomic E-state index is 0.144. The lowest BCUT2D eigenvalue weighted by molar-refractivity contribution is 0.0695. The number of halogens is 1. The highest BCUT2D eigenvalue weighted by atomic mass is 35.5. The Bertz CT molecular complexity index is 443. The Balaban J connectivity index is 2.67. The summed E-state index contributed by atoms with van der Waals surface area (Å²) in [5.74, 6) is -0.970. The summed E-state index contributed by atoms with van der Waals surface area (Å²) in [6.07, 6.45) is 4.78. The zero-order chi connectivity index (χ0) is 11.7. The van der Waals surface area contributed by atoms with Crippen molar-refractivity contribution >= 4 is 17.6 Å². The summed E-state index contributed by atoms with van der Waals surface area (Å²) in [7, 11) is 0. The van der Waals surface area contributed by atoms with Gasteiger partial charge in [-0.2, -0.15) is 0 Å². The molecule has 1 N–H and O–H groups in total. The predicted octanol–water partition coefficient (Wildman–Crippen LogP) is 2.87.